The minimum Gasteiger partial charge on any atom is -0.341 e. The molecule has 0 saturated heterocycles. The highest BCUT2D eigenvalue weighted by Gasteiger charge is 2.71. The highest BCUT2D eigenvalue weighted by Crippen LogP contribution is 2.77. The molecule has 5 heteroatoms. The predicted molar refractivity (Wildman–Crippen MR) is 194 cm³/mol. The van der Waals surface area contributed by atoms with Gasteiger partial charge in [-0.1, -0.05) is 86.6 Å². The summed E-state index contributed by atoms with van der Waals surface area (Å²) in [5, 5.41) is 0. The van der Waals surface area contributed by atoms with Crippen molar-refractivity contribution >= 4 is 23.3 Å². The van der Waals surface area contributed by atoms with E-state index in [0.717, 1.165) is 56.1 Å². The van der Waals surface area contributed by atoms with Crippen LogP contribution in [-0.2, 0) is 20.9 Å². The average molecular weight is 668 g/mol. The van der Waals surface area contributed by atoms with Crippen molar-refractivity contribution in [1.29, 1.82) is 0 Å². The number of amides is 1. The fraction of sp³-hybridized carbons (Fsp3) is 0.727. The van der Waals surface area contributed by atoms with Crippen LogP contribution < -0.4 is 0 Å². The van der Waals surface area contributed by atoms with E-state index in [2.05, 4.69) is 48.5 Å². The molecule has 1 aromatic rings. The van der Waals surface area contributed by atoms with Gasteiger partial charge in [0.25, 0.3) is 0 Å². The van der Waals surface area contributed by atoms with Crippen molar-refractivity contribution in [1.82, 2.24) is 4.90 Å². The number of Topliss-reactive ketones (excluding diaryl/α,β-unsaturated/α-hetero) is 3. The molecular weight excluding hydrogens is 606 g/mol. The summed E-state index contributed by atoms with van der Waals surface area (Å²) in [6, 6.07) is 7.63. The van der Waals surface area contributed by atoms with Crippen LogP contribution in [0.25, 0.3) is 0 Å². The molecule has 0 radical (unpaired) electrons. The summed E-state index contributed by atoms with van der Waals surface area (Å²) >= 11 is 0. The normalized spacial score (nSPS) is 41.7. The first-order chi connectivity index (χ1) is 22.8. The molecule has 266 valence electrons. The summed E-state index contributed by atoms with van der Waals surface area (Å²) < 4.78 is 0. The van der Waals surface area contributed by atoms with Gasteiger partial charge in [-0.2, -0.15) is 0 Å². The van der Waals surface area contributed by atoms with E-state index in [-0.39, 0.29) is 75.5 Å². The minimum atomic E-state index is -0.870. The van der Waals surface area contributed by atoms with Crippen molar-refractivity contribution < 1.29 is 19.2 Å². The summed E-state index contributed by atoms with van der Waals surface area (Å²) in [5.74, 6) is 1.56. The molecule has 8 atom stereocenters. The van der Waals surface area contributed by atoms with Crippen LogP contribution in [0.15, 0.2) is 35.4 Å². The number of ketones is 3. The average Bonchev–Trinajstić information content (AvgIpc) is 3.33. The molecule has 10 rings (SSSR count). The molecule has 0 aromatic heterocycles. The second kappa shape index (κ2) is 11.0. The lowest BCUT2D eigenvalue weighted by Crippen LogP contribution is -2.66. The molecule has 4 aliphatic heterocycles. The van der Waals surface area contributed by atoms with Crippen LogP contribution >= 0.6 is 0 Å². The Morgan fingerprint density at radius 2 is 1.43 bits per heavy atom. The summed E-state index contributed by atoms with van der Waals surface area (Å²) in [4.78, 5) is 59.9. The number of allylic oxidation sites excluding steroid dienone is 1. The van der Waals surface area contributed by atoms with Crippen LogP contribution in [0.1, 0.15) is 142 Å². The first kappa shape index (κ1) is 34.9. The summed E-state index contributed by atoms with van der Waals surface area (Å²) in [6.45, 7) is 20.8. The predicted octanol–water partition coefficient (Wildman–Crippen LogP) is 9.42. The molecule has 49 heavy (non-hydrogen) atoms. The van der Waals surface area contributed by atoms with Crippen LogP contribution in [0.4, 0.5) is 0 Å². The molecular formula is C44H61NO4. The minimum absolute atomic E-state index is 0.0187. The lowest BCUT2D eigenvalue weighted by molar-refractivity contribution is -0.220. The molecule has 4 fully saturated rings. The quantitative estimate of drug-likeness (QED) is 0.299. The van der Waals surface area contributed by atoms with Gasteiger partial charge in [-0.25, -0.2) is 0 Å². The van der Waals surface area contributed by atoms with Gasteiger partial charge < -0.3 is 4.90 Å². The Morgan fingerprint density at radius 3 is 2.12 bits per heavy atom. The van der Waals surface area contributed by atoms with Crippen LogP contribution in [0, 0.1) is 62.1 Å². The maximum atomic E-state index is 15.1. The molecule has 9 aliphatic rings. The maximum absolute atomic E-state index is 15.1. The standard InChI is InChI=1S/C44H61NO4/c1-26(2)35-32(47)24-44-22-21-42(8)30(36(35)44)15-16-34-41(7)19-17-29(40(5,6)33(41)18-20-43(34,42)9)31(46)23-39(3,4)37(48)28-14-12-11-13-27(28)25-45(10)38(44)49/h11-14,26,29-30,33-34H,15-25H2,1-10H3/t29?,30-,33-,34+,41+,42+,43+,44+/m0/s1. The molecule has 5 nitrogen and oxygen atoms in total. The van der Waals surface area contributed by atoms with Crippen molar-refractivity contribution in [2.24, 2.45) is 62.1 Å². The molecule has 1 amide bonds. The van der Waals surface area contributed by atoms with E-state index in [0.29, 0.717) is 30.4 Å². The smallest absolute Gasteiger partial charge is 0.233 e. The lowest BCUT2D eigenvalue weighted by atomic mass is 9.32. The largest absolute Gasteiger partial charge is 0.341 e. The number of nitrogens with zero attached hydrogens (tertiary/aromatic N) is 1. The zero-order valence-electron chi connectivity index (χ0n) is 32.1. The Morgan fingerprint density at radius 1 is 0.735 bits per heavy atom. The summed E-state index contributed by atoms with van der Waals surface area (Å²) in [5.41, 5.74) is 1.84. The number of hydrogen-bond acceptors (Lipinski definition) is 4. The number of fused-ring (bicyclic) bond motifs is 2. The molecule has 1 unspecified atom stereocenters. The van der Waals surface area contributed by atoms with E-state index in [1.165, 1.54) is 5.57 Å². The topological polar surface area (TPSA) is 71.5 Å². The Bertz CT molecular complexity index is 1660. The van der Waals surface area contributed by atoms with Gasteiger partial charge in [0.15, 0.2) is 11.6 Å². The van der Waals surface area contributed by atoms with Gasteiger partial charge in [0.05, 0.1) is 5.41 Å². The Balaban J connectivity index is 1.43. The van der Waals surface area contributed by atoms with Gasteiger partial charge in [-0.05, 0) is 113 Å². The molecule has 5 aliphatic carbocycles. The third-order valence-corrected chi connectivity index (χ3v) is 16.5. The first-order valence-electron chi connectivity index (χ1n) is 19.4. The lowest BCUT2D eigenvalue weighted by Gasteiger charge is -2.72. The second-order valence-corrected chi connectivity index (χ2v) is 19.9. The summed E-state index contributed by atoms with van der Waals surface area (Å²) in [7, 11) is 1.86. The molecule has 0 N–H and O–H groups in total. The maximum Gasteiger partial charge on any atom is 0.233 e. The number of rotatable bonds is 1. The van der Waals surface area contributed by atoms with Crippen LogP contribution in [-0.4, -0.2) is 35.2 Å². The van der Waals surface area contributed by atoms with Gasteiger partial charge >= 0.3 is 0 Å². The van der Waals surface area contributed by atoms with E-state index in [1.807, 2.05) is 45.2 Å². The van der Waals surface area contributed by atoms with E-state index in [1.54, 1.807) is 4.90 Å². The van der Waals surface area contributed by atoms with Crippen molar-refractivity contribution in [3.63, 3.8) is 0 Å². The van der Waals surface area contributed by atoms with E-state index < -0.39 is 10.8 Å². The number of carbonyl (C=O) groups excluding carboxylic acids is 4. The second-order valence-electron chi connectivity index (χ2n) is 19.9. The Labute approximate surface area is 295 Å². The number of benzene rings is 1. The molecule has 8 bridgehead atoms. The Kier molecular flexibility index (Phi) is 7.81. The SMILES string of the molecule is CC(C)C1=C2[C@@H]3CC[C@@H]4[C@]5(C)CCC6C(=O)CC(C)(C)C(=O)c7ccccc7CN(C)C(=O)[C@]2(CC[C@@]3(C)[C@]4(C)CC[C@H]5C6(C)C)CC1=O. The van der Waals surface area contributed by atoms with Gasteiger partial charge in [0.2, 0.25) is 5.91 Å². The Hall–Kier alpha value is -2.56. The molecule has 4 saturated carbocycles. The zero-order valence-corrected chi connectivity index (χ0v) is 32.1. The van der Waals surface area contributed by atoms with Crippen molar-refractivity contribution in [2.75, 3.05) is 7.05 Å². The van der Waals surface area contributed by atoms with Crippen LogP contribution in [0.5, 0.6) is 0 Å². The molecule has 4 heterocycles. The fourth-order valence-electron chi connectivity index (χ4n) is 14.0. The highest BCUT2D eigenvalue weighted by atomic mass is 16.2. The molecule has 1 spiro atoms. The summed E-state index contributed by atoms with van der Waals surface area (Å²) in [6.07, 6.45) is 8.42. The van der Waals surface area contributed by atoms with Gasteiger partial charge in [-0.15, -0.1) is 0 Å². The zero-order chi connectivity index (χ0) is 35.7. The van der Waals surface area contributed by atoms with Crippen LogP contribution in [0.2, 0.25) is 0 Å². The third kappa shape index (κ3) is 4.54. The van der Waals surface area contributed by atoms with Gasteiger partial charge in [-0.3, -0.25) is 19.2 Å². The van der Waals surface area contributed by atoms with Crippen molar-refractivity contribution in [3.05, 3.63) is 46.5 Å². The van der Waals surface area contributed by atoms with Crippen molar-refractivity contribution in [2.45, 2.75) is 133 Å². The molecule has 1 aromatic carbocycles. The van der Waals surface area contributed by atoms with Gasteiger partial charge in [0.1, 0.15) is 5.78 Å². The fourth-order valence-corrected chi connectivity index (χ4v) is 14.0. The van der Waals surface area contributed by atoms with E-state index >= 15 is 4.79 Å². The highest BCUT2D eigenvalue weighted by molar-refractivity contribution is 6.07. The van der Waals surface area contributed by atoms with Gasteiger partial charge in [0, 0.05) is 43.3 Å². The first-order valence-corrected chi connectivity index (χ1v) is 19.4. The number of carbonyl (C=O) groups is 4. The number of hydrogen-bond donors (Lipinski definition) is 0. The third-order valence-electron chi connectivity index (χ3n) is 16.5. The van der Waals surface area contributed by atoms with E-state index in [4.69, 9.17) is 0 Å². The van der Waals surface area contributed by atoms with Crippen molar-refractivity contribution in [3.8, 4) is 0 Å². The van der Waals surface area contributed by atoms with Crippen LogP contribution in [0.3, 0.4) is 0 Å². The van der Waals surface area contributed by atoms with E-state index in [9.17, 15) is 14.4 Å². The monoisotopic (exact) mass is 667 g/mol.